The Bertz CT molecular complexity index is 391. The van der Waals surface area contributed by atoms with Crippen molar-refractivity contribution < 1.29 is 5.11 Å². The molecular formula is C16H23NO. The molecule has 98 valence electrons. The van der Waals surface area contributed by atoms with Crippen LogP contribution in [0, 0.1) is 0 Å². The van der Waals surface area contributed by atoms with Crippen LogP contribution in [-0.4, -0.2) is 28.2 Å². The summed E-state index contributed by atoms with van der Waals surface area (Å²) in [6.07, 6.45) is 5.79. The lowest BCUT2D eigenvalue weighted by atomic mass is 9.81. The Hall–Kier alpha value is -0.860. The zero-order valence-electron chi connectivity index (χ0n) is 11.1. The number of hydrogen-bond donors (Lipinski definition) is 1. The molecule has 2 nitrogen and oxygen atoms in total. The van der Waals surface area contributed by atoms with Crippen LogP contribution in [0.3, 0.4) is 0 Å². The molecule has 0 aromatic heterocycles. The fourth-order valence-electron chi connectivity index (χ4n) is 3.88. The number of aliphatic hydroxyl groups excluding tert-OH is 1. The Morgan fingerprint density at radius 3 is 2.67 bits per heavy atom. The zero-order chi connectivity index (χ0) is 12.5. The minimum Gasteiger partial charge on any atom is -0.391 e. The molecule has 0 aliphatic carbocycles. The van der Waals surface area contributed by atoms with E-state index < -0.39 is 0 Å². The second-order valence-electron chi connectivity index (χ2n) is 5.83. The van der Waals surface area contributed by atoms with Gasteiger partial charge in [0.25, 0.3) is 0 Å². The summed E-state index contributed by atoms with van der Waals surface area (Å²) in [5.74, 6) is 0. The molecular weight excluding hydrogens is 222 g/mol. The Kier molecular flexibility index (Phi) is 3.40. The molecule has 1 aromatic carbocycles. The maximum absolute atomic E-state index is 10.2. The van der Waals surface area contributed by atoms with E-state index in [-0.39, 0.29) is 6.10 Å². The van der Waals surface area contributed by atoms with Gasteiger partial charge in [0.2, 0.25) is 0 Å². The maximum Gasteiger partial charge on any atom is 0.0696 e. The van der Waals surface area contributed by atoms with Gasteiger partial charge in [-0.05, 0) is 38.2 Å². The van der Waals surface area contributed by atoms with E-state index in [1.807, 2.05) is 0 Å². The topological polar surface area (TPSA) is 23.5 Å². The van der Waals surface area contributed by atoms with Gasteiger partial charge in [0.15, 0.2) is 0 Å². The van der Waals surface area contributed by atoms with Gasteiger partial charge < -0.3 is 5.11 Å². The molecule has 0 spiro atoms. The van der Waals surface area contributed by atoms with Crippen LogP contribution in [0.1, 0.15) is 50.6 Å². The lowest BCUT2D eigenvalue weighted by molar-refractivity contribution is -0.0685. The molecule has 2 aliphatic heterocycles. The highest BCUT2D eigenvalue weighted by Gasteiger charge is 2.41. The number of rotatable bonds is 2. The van der Waals surface area contributed by atoms with E-state index in [1.54, 1.807) is 0 Å². The molecule has 2 bridgehead atoms. The normalized spacial score (nSPS) is 34.2. The minimum atomic E-state index is -0.118. The van der Waals surface area contributed by atoms with E-state index in [1.165, 1.54) is 18.4 Å². The molecule has 1 aromatic rings. The summed E-state index contributed by atoms with van der Waals surface area (Å²) < 4.78 is 0. The number of fused-ring (bicyclic) bond motifs is 2. The van der Waals surface area contributed by atoms with Gasteiger partial charge in [0.1, 0.15) is 0 Å². The largest absolute Gasteiger partial charge is 0.391 e. The predicted octanol–water partition coefficient (Wildman–Crippen LogP) is 3.13. The van der Waals surface area contributed by atoms with Crippen molar-refractivity contribution in [1.29, 1.82) is 0 Å². The van der Waals surface area contributed by atoms with E-state index in [9.17, 15) is 5.11 Å². The Morgan fingerprint density at radius 2 is 1.89 bits per heavy atom. The molecule has 2 saturated heterocycles. The monoisotopic (exact) mass is 245 g/mol. The van der Waals surface area contributed by atoms with Gasteiger partial charge in [-0.2, -0.15) is 0 Å². The van der Waals surface area contributed by atoms with Crippen LogP contribution in [0.25, 0.3) is 0 Å². The van der Waals surface area contributed by atoms with Gasteiger partial charge in [-0.15, -0.1) is 0 Å². The highest BCUT2D eigenvalue weighted by Crippen LogP contribution is 2.39. The summed E-state index contributed by atoms with van der Waals surface area (Å²) in [4.78, 5) is 2.59. The van der Waals surface area contributed by atoms with Crippen molar-refractivity contribution in [1.82, 2.24) is 4.90 Å². The van der Waals surface area contributed by atoms with Gasteiger partial charge in [0.05, 0.1) is 6.10 Å². The molecule has 2 heterocycles. The van der Waals surface area contributed by atoms with Gasteiger partial charge >= 0.3 is 0 Å². The minimum absolute atomic E-state index is 0.118. The predicted molar refractivity (Wildman–Crippen MR) is 73.4 cm³/mol. The zero-order valence-corrected chi connectivity index (χ0v) is 11.1. The summed E-state index contributed by atoms with van der Waals surface area (Å²) in [6, 6.07) is 12.2. The summed E-state index contributed by atoms with van der Waals surface area (Å²) in [6.45, 7) is 2.29. The first-order valence-corrected chi connectivity index (χ1v) is 7.28. The fraction of sp³-hybridized carbons (Fsp3) is 0.625. The van der Waals surface area contributed by atoms with Crippen molar-refractivity contribution in [2.75, 3.05) is 0 Å². The second-order valence-corrected chi connectivity index (χ2v) is 5.83. The Labute approximate surface area is 110 Å². The van der Waals surface area contributed by atoms with Crippen LogP contribution < -0.4 is 0 Å². The molecule has 2 heteroatoms. The standard InChI is InChI=1S/C16H23NO/c1-12(13-6-3-2-4-7-13)17-14-8-5-9-15(17)16(18)11-10-14/h2-4,6-7,12,14-16,18H,5,8-11H2,1H3/t12-,14+,15-,16+/m1/s1. The smallest absolute Gasteiger partial charge is 0.0696 e. The van der Waals surface area contributed by atoms with Crippen molar-refractivity contribution in [2.24, 2.45) is 0 Å². The quantitative estimate of drug-likeness (QED) is 0.865. The summed E-state index contributed by atoms with van der Waals surface area (Å²) in [5.41, 5.74) is 1.38. The molecule has 0 amide bonds. The van der Waals surface area contributed by atoms with Crippen LogP contribution in [0.2, 0.25) is 0 Å². The Morgan fingerprint density at radius 1 is 1.11 bits per heavy atom. The first kappa shape index (κ1) is 12.2. The van der Waals surface area contributed by atoms with Gasteiger partial charge in [0, 0.05) is 18.1 Å². The SMILES string of the molecule is C[C@H](c1ccccc1)N1[C@H]2CCC[C@@H]1[C@@H](O)CC2. The molecule has 0 radical (unpaired) electrons. The maximum atomic E-state index is 10.2. The fourth-order valence-corrected chi connectivity index (χ4v) is 3.88. The van der Waals surface area contributed by atoms with Crippen LogP contribution in [0.4, 0.5) is 0 Å². The van der Waals surface area contributed by atoms with Gasteiger partial charge in [-0.3, -0.25) is 4.90 Å². The van der Waals surface area contributed by atoms with Gasteiger partial charge in [-0.25, -0.2) is 0 Å². The van der Waals surface area contributed by atoms with E-state index in [0.717, 1.165) is 19.3 Å². The average Bonchev–Trinajstić information content (AvgIpc) is 2.43. The van der Waals surface area contributed by atoms with E-state index >= 15 is 0 Å². The lowest BCUT2D eigenvalue weighted by Crippen LogP contribution is -2.56. The number of nitrogens with zero attached hydrogens (tertiary/aromatic N) is 1. The molecule has 0 saturated carbocycles. The summed E-state index contributed by atoms with van der Waals surface area (Å²) in [5, 5.41) is 10.2. The second kappa shape index (κ2) is 5.02. The highest BCUT2D eigenvalue weighted by atomic mass is 16.3. The Balaban J connectivity index is 1.86. The third-order valence-electron chi connectivity index (χ3n) is 4.81. The van der Waals surface area contributed by atoms with Gasteiger partial charge in [-0.1, -0.05) is 36.8 Å². The first-order valence-electron chi connectivity index (χ1n) is 7.28. The molecule has 2 fully saturated rings. The molecule has 3 rings (SSSR count). The third kappa shape index (κ3) is 2.08. The molecule has 4 atom stereocenters. The molecule has 2 aliphatic rings. The van der Waals surface area contributed by atoms with Crippen LogP contribution in [0.5, 0.6) is 0 Å². The van der Waals surface area contributed by atoms with Crippen molar-refractivity contribution in [3.05, 3.63) is 35.9 Å². The number of benzene rings is 1. The first-order chi connectivity index (χ1) is 8.77. The van der Waals surface area contributed by atoms with E-state index in [4.69, 9.17) is 0 Å². The van der Waals surface area contributed by atoms with E-state index in [2.05, 4.69) is 42.2 Å². The summed E-state index contributed by atoms with van der Waals surface area (Å²) in [7, 11) is 0. The number of hydrogen-bond acceptors (Lipinski definition) is 2. The van der Waals surface area contributed by atoms with Crippen molar-refractivity contribution >= 4 is 0 Å². The summed E-state index contributed by atoms with van der Waals surface area (Å²) >= 11 is 0. The van der Waals surface area contributed by atoms with Crippen molar-refractivity contribution in [3.8, 4) is 0 Å². The highest BCUT2D eigenvalue weighted by molar-refractivity contribution is 5.19. The lowest BCUT2D eigenvalue weighted by Gasteiger charge is -2.51. The van der Waals surface area contributed by atoms with Crippen molar-refractivity contribution in [2.45, 2.75) is 63.3 Å². The number of piperidine rings is 2. The third-order valence-corrected chi connectivity index (χ3v) is 4.81. The van der Waals surface area contributed by atoms with E-state index in [0.29, 0.717) is 18.1 Å². The molecule has 1 N–H and O–H groups in total. The van der Waals surface area contributed by atoms with Crippen LogP contribution >= 0.6 is 0 Å². The van der Waals surface area contributed by atoms with Crippen LogP contribution in [-0.2, 0) is 0 Å². The molecule has 18 heavy (non-hydrogen) atoms. The molecule has 0 unspecified atom stereocenters. The van der Waals surface area contributed by atoms with Crippen molar-refractivity contribution in [3.63, 3.8) is 0 Å². The van der Waals surface area contributed by atoms with Crippen LogP contribution in [0.15, 0.2) is 30.3 Å². The number of aliphatic hydroxyl groups is 1. The average molecular weight is 245 g/mol.